The van der Waals surface area contributed by atoms with Crippen molar-refractivity contribution in [2.75, 3.05) is 11.1 Å². The molecule has 0 fully saturated rings. The van der Waals surface area contributed by atoms with Gasteiger partial charge in [-0.05, 0) is 67.6 Å². The van der Waals surface area contributed by atoms with Crippen molar-refractivity contribution >= 4 is 56.7 Å². The lowest BCUT2D eigenvalue weighted by molar-refractivity contribution is -0.137. The summed E-state index contributed by atoms with van der Waals surface area (Å²) in [4.78, 5) is 56.1. The largest absolute Gasteiger partial charge is 0.416 e. The Kier molecular flexibility index (Phi) is 7.62. The molecule has 1 aliphatic carbocycles. The van der Waals surface area contributed by atoms with Crippen molar-refractivity contribution in [1.29, 1.82) is 0 Å². The number of nitrogens with zero attached hydrogens (tertiary/aromatic N) is 2. The molecule has 2 aromatic heterocycles. The number of carbonyl (C=O) groups excluding carboxylic acids is 3. The standard InChI is InChI=1S/C27H22F3N5O4S2/c28-27(29,30)15-4-3-5-17(11-15)35-25(39)21-18-6-1-2-7-19(18)41-24(21)34-26(35)40-12-20(36)33-16-9-13(22(31)37)8-14(10-16)23(32)38/h3-5,8-11H,1-2,6-7,12H2,(H2,31,37)(H2,32,38)(H,33,36). The Morgan fingerprint density at radius 2 is 1.71 bits per heavy atom. The highest BCUT2D eigenvalue weighted by Crippen LogP contribution is 2.36. The number of carbonyl (C=O) groups is 3. The lowest BCUT2D eigenvalue weighted by atomic mass is 9.97. The van der Waals surface area contributed by atoms with Crippen LogP contribution in [0, 0.1) is 0 Å². The molecular weight excluding hydrogens is 579 g/mol. The predicted octanol–water partition coefficient (Wildman–Crippen LogP) is 4.27. The molecule has 5 rings (SSSR count). The summed E-state index contributed by atoms with van der Waals surface area (Å²) in [5.41, 5.74) is 10.0. The van der Waals surface area contributed by atoms with Gasteiger partial charge in [0.2, 0.25) is 17.7 Å². The molecule has 0 spiro atoms. The first kappa shape index (κ1) is 28.4. The summed E-state index contributed by atoms with van der Waals surface area (Å²) < 4.78 is 41.6. The molecule has 0 aliphatic heterocycles. The molecule has 0 saturated heterocycles. The maximum absolute atomic E-state index is 13.8. The fourth-order valence-corrected chi connectivity index (χ4v) is 6.76. The van der Waals surface area contributed by atoms with Gasteiger partial charge in [0, 0.05) is 21.7 Å². The normalized spacial score (nSPS) is 13.1. The number of alkyl halides is 3. The Hall–Kier alpha value is -4.17. The number of primary amides is 2. The van der Waals surface area contributed by atoms with Gasteiger partial charge in [0.25, 0.3) is 5.56 Å². The van der Waals surface area contributed by atoms with E-state index in [0.29, 0.717) is 16.6 Å². The SMILES string of the molecule is NC(=O)c1cc(NC(=O)CSc2nc3sc4c(c3c(=O)n2-c2cccc(C(F)(F)F)c2)CCCC4)cc(C(N)=O)c1. The maximum Gasteiger partial charge on any atom is 0.416 e. The molecule has 41 heavy (non-hydrogen) atoms. The fourth-order valence-electron chi connectivity index (χ4n) is 4.64. The fraction of sp³-hybridized carbons (Fsp3) is 0.222. The highest BCUT2D eigenvalue weighted by Gasteiger charge is 2.31. The van der Waals surface area contributed by atoms with Gasteiger partial charge in [0.1, 0.15) is 4.83 Å². The number of hydrogen-bond acceptors (Lipinski definition) is 7. The first-order chi connectivity index (χ1) is 19.4. The second-order valence-corrected chi connectivity index (χ2v) is 11.4. The molecule has 2 heterocycles. The number of nitrogens with one attached hydrogen (secondary N) is 1. The van der Waals surface area contributed by atoms with Crippen LogP contribution in [0.4, 0.5) is 18.9 Å². The van der Waals surface area contributed by atoms with Gasteiger partial charge in [-0.2, -0.15) is 13.2 Å². The Balaban J connectivity index is 1.52. The summed E-state index contributed by atoms with van der Waals surface area (Å²) in [6, 6.07) is 8.12. The highest BCUT2D eigenvalue weighted by atomic mass is 32.2. The molecule has 0 saturated carbocycles. The smallest absolute Gasteiger partial charge is 0.366 e. The van der Waals surface area contributed by atoms with Gasteiger partial charge in [-0.25, -0.2) is 4.98 Å². The van der Waals surface area contributed by atoms with Gasteiger partial charge >= 0.3 is 6.18 Å². The number of aromatic nitrogens is 2. The van der Waals surface area contributed by atoms with E-state index in [1.165, 1.54) is 41.7 Å². The van der Waals surface area contributed by atoms with E-state index in [9.17, 15) is 32.3 Å². The van der Waals surface area contributed by atoms with Crippen molar-refractivity contribution in [3.8, 4) is 5.69 Å². The molecule has 4 aromatic rings. The minimum absolute atomic E-state index is 0.0295. The Bertz CT molecular complexity index is 1750. The molecular formula is C27H22F3N5O4S2. The van der Waals surface area contributed by atoms with Crippen molar-refractivity contribution in [2.24, 2.45) is 11.5 Å². The van der Waals surface area contributed by atoms with Crippen molar-refractivity contribution in [3.63, 3.8) is 0 Å². The van der Waals surface area contributed by atoms with E-state index in [2.05, 4.69) is 10.3 Å². The van der Waals surface area contributed by atoms with E-state index in [0.717, 1.165) is 58.2 Å². The van der Waals surface area contributed by atoms with E-state index in [1.54, 1.807) is 0 Å². The monoisotopic (exact) mass is 601 g/mol. The number of fused-ring (bicyclic) bond motifs is 3. The summed E-state index contributed by atoms with van der Waals surface area (Å²) >= 11 is 2.24. The van der Waals surface area contributed by atoms with Crippen LogP contribution in [0.25, 0.3) is 15.9 Å². The summed E-state index contributed by atoms with van der Waals surface area (Å²) in [6.45, 7) is 0. The van der Waals surface area contributed by atoms with Gasteiger partial charge in [0.15, 0.2) is 5.16 Å². The number of thiophene rings is 1. The van der Waals surface area contributed by atoms with Crippen molar-refractivity contribution in [3.05, 3.63) is 79.9 Å². The minimum Gasteiger partial charge on any atom is -0.366 e. The molecule has 3 amide bonds. The Morgan fingerprint density at radius 3 is 2.37 bits per heavy atom. The topological polar surface area (TPSA) is 150 Å². The van der Waals surface area contributed by atoms with Crippen LogP contribution in [0.3, 0.4) is 0 Å². The number of aryl methyl sites for hydroxylation is 2. The quantitative estimate of drug-likeness (QED) is 0.213. The molecule has 14 heteroatoms. The van der Waals surface area contributed by atoms with E-state index in [1.807, 2.05) is 0 Å². The van der Waals surface area contributed by atoms with Crippen LogP contribution >= 0.6 is 23.1 Å². The van der Waals surface area contributed by atoms with Crippen LogP contribution in [0.15, 0.2) is 52.4 Å². The van der Waals surface area contributed by atoms with Crippen molar-refractivity contribution < 1.29 is 27.6 Å². The van der Waals surface area contributed by atoms with Crippen molar-refractivity contribution in [2.45, 2.75) is 37.0 Å². The van der Waals surface area contributed by atoms with E-state index >= 15 is 0 Å². The van der Waals surface area contributed by atoms with E-state index in [-0.39, 0.29) is 33.4 Å². The molecule has 0 atom stereocenters. The lowest BCUT2D eigenvalue weighted by Gasteiger charge is -2.15. The number of benzene rings is 2. The molecule has 212 valence electrons. The van der Waals surface area contributed by atoms with Gasteiger partial charge in [-0.1, -0.05) is 17.8 Å². The number of thioether (sulfide) groups is 1. The second-order valence-electron chi connectivity index (χ2n) is 9.34. The second kappa shape index (κ2) is 11.0. The molecule has 0 unspecified atom stereocenters. The molecule has 0 bridgehead atoms. The van der Waals surface area contributed by atoms with Crippen LogP contribution < -0.4 is 22.3 Å². The summed E-state index contributed by atoms with van der Waals surface area (Å²) in [5.74, 6) is -2.56. The number of halogens is 3. The van der Waals surface area contributed by atoms with Crippen LogP contribution in [0.5, 0.6) is 0 Å². The molecule has 0 radical (unpaired) electrons. The van der Waals surface area contributed by atoms with Crippen LogP contribution in [0.2, 0.25) is 0 Å². The number of hydrogen-bond donors (Lipinski definition) is 3. The third kappa shape index (κ3) is 5.84. The van der Waals surface area contributed by atoms with Gasteiger partial charge in [-0.3, -0.25) is 23.7 Å². The van der Waals surface area contributed by atoms with Crippen molar-refractivity contribution in [1.82, 2.24) is 9.55 Å². The average Bonchev–Trinajstić information content (AvgIpc) is 3.30. The zero-order valence-corrected chi connectivity index (χ0v) is 22.8. The summed E-state index contributed by atoms with van der Waals surface area (Å²) in [7, 11) is 0. The Labute approximate surface area is 238 Å². The van der Waals surface area contributed by atoms with E-state index < -0.39 is 35.0 Å². The zero-order valence-electron chi connectivity index (χ0n) is 21.2. The highest BCUT2D eigenvalue weighted by molar-refractivity contribution is 7.99. The first-order valence-electron chi connectivity index (χ1n) is 12.3. The molecule has 9 nitrogen and oxygen atoms in total. The Morgan fingerprint density at radius 1 is 1.02 bits per heavy atom. The first-order valence-corrected chi connectivity index (χ1v) is 14.1. The number of rotatable bonds is 7. The number of nitrogens with two attached hydrogens (primary N) is 2. The third-order valence-electron chi connectivity index (χ3n) is 6.51. The maximum atomic E-state index is 13.8. The number of anilines is 1. The summed E-state index contributed by atoms with van der Waals surface area (Å²) in [5, 5.41) is 2.97. The summed E-state index contributed by atoms with van der Waals surface area (Å²) in [6.07, 6.45) is -1.29. The zero-order chi connectivity index (χ0) is 29.5. The van der Waals surface area contributed by atoms with Gasteiger partial charge < -0.3 is 16.8 Å². The molecule has 1 aliphatic rings. The third-order valence-corrected chi connectivity index (χ3v) is 8.63. The minimum atomic E-state index is -4.63. The van der Waals surface area contributed by atoms with Crippen LogP contribution in [-0.2, 0) is 23.8 Å². The number of amides is 3. The van der Waals surface area contributed by atoms with Crippen LogP contribution in [-0.4, -0.2) is 33.0 Å². The molecule has 5 N–H and O–H groups in total. The van der Waals surface area contributed by atoms with Crippen LogP contribution in [0.1, 0.15) is 49.6 Å². The molecule has 2 aromatic carbocycles. The lowest BCUT2D eigenvalue weighted by Crippen LogP contribution is -2.24. The predicted molar refractivity (Wildman–Crippen MR) is 150 cm³/mol. The van der Waals surface area contributed by atoms with Gasteiger partial charge in [0.05, 0.1) is 22.4 Å². The average molecular weight is 602 g/mol. The van der Waals surface area contributed by atoms with E-state index in [4.69, 9.17) is 11.5 Å². The van der Waals surface area contributed by atoms with Gasteiger partial charge in [-0.15, -0.1) is 11.3 Å².